The molecule has 0 spiro atoms. The molecule has 0 amide bonds. The Morgan fingerprint density at radius 3 is 2.89 bits per heavy atom. The van der Waals surface area contributed by atoms with Crippen molar-refractivity contribution in [1.29, 1.82) is 0 Å². The molecule has 2 aliphatic heterocycles. The van der Waals surface area contributed by atoms with Crippen molar-refractivity contribution < 1.29 is 23.6 Å². The Hall–Kier alpha value is -2.28. The van der Waals surface area contributed by atoms with Crippen molar-refractivity contribution in [2.45, 2.75) is 45.6 Å². The van der Waals surface area contributed by atoms with Gasteiger partial charge in [0.1, 0.15) is 17.7 Å². The molecule has 0 radical (unpaired) electrons. The van der Waals surface area contributed by atoms with Gasteiger partial charge in [-0.15, -0.1) is 0 Å². The molecule has 0 bridgehead atoms. The molecule has 0 aromatic heterocycles. The lowest BCUT2D eigenvalue weighted by Crippen LogP contribution is -2.51. The second-order valence-electron chi connectivity index (χ2n) is 7.67. The molecular weight excluding hydrogens is 363 g/mol. The maximum absolute atomic E-state index is 14.1. The van der Waals surface area contributed by atoms with Gasteiger partial charge in [0.15, 0.2) is 0 Å². The molecule has 0 unspecified atom stereocenters. The highest BCUT2D eigenvalue weighted by molar-refractivity contribution is 6.01. The van der Waals surface area contributed by atoms with Crippen molar-refractivity contribution in [3.05, 3.63) is 35.6 Å². The van der Waals surface area contributed by atoms with Gasteiger partial charge in [-0.2, -0.15) is 0 Å². The molecule has 2 aliphatic rings. The van der Waals surface area contributed by atoms with Crippen LogP contribution in [0, 0.1) is 11.2 Å². The highest BCUT2D eigenvalue weighted by Crippen LogP contribution is 2.39. The summed E-state index contributed by atoms with van der Waals surface area (Å²) in [4.78, 5) is 32.0. The minimum absolute atomic E-state index is 0.0712. The standard InChI is InChI=1S/C21H27FN2O4/c1-3-27-20(26)21(9-6-10-24(14-21)13-15(2)25)12-16-11-19(23-28-16)17-7-4-5-8-18(17)22/h4-5,7-8,16H,3,6,9-14H2,1-2H3/t16-,21+/m0/s1. The third-order valence-electron chi connectivity index (χ3n) is 5.35. The summed E-state index contributed by atoms with van der Waals surface area (Å²) in [5.74, 6) is -0.524. The second-order valence-corrected chi connectivity index (χ2v) is 7.67. The van der Waals surface area contributed by atoms with Crippen LogP contribution in [0.1, 0.15) is 45.1 Å². The summed E-state index contributed by atoms with van der Waals surface area (Å²) in [5.41, 5.74) is 0.240. The first kappa shape index (κ1) is 20.5. The SMILES string of the molecule is CCOC(=O)[C@@]1(C[C@@H]2CC(c3ccccc3F)=NO2)CCCN(CC(C)=O)C1. The fraction of sp³-hybridized carbons (Fsp3) is 0.571. The molecule has 1 saturated heterocycles. The monoisotopic (exact) mass is 390 g/mol. The minimum Gasteiger partial charge on any atom is -0.466 e. The van der Waals surface area contributed by atoms with E-state index in [1.165, 1.54) is 6.07 Å². The summed E-state index contributed by atoms with van der Waals surface area (Å²) in [6, 6.07) is 6.46. The van der Waals surface area contributed by atoms with E-state index in [1.807, 2.05) is 4.90 Å². The summed E-state index contributed by atoms with van der Waals surface area (Å²) >= 11 is 0. The average molecular weight is 390 g/mol. The third kappa shape index (κ3) is 4.58. The van der Waals surface area contributed by atoms with Gasteiger partial charge >= 0.3 is 5.97 Å². The highest BCUT2D eigenvalue weighted by Gasteiger charge is 2.46. The van der Waals surface area contributed by atoms with Gasteiger partial charge in [-0.1, -0.05) is 23.4 Å². The Morgan fingerprint density at radius 1 is 1.39 bits per heavy atom. The smallest absolute Gasteiger partial charge is 0.313 e. The number of piperidine rings is 1. The molecular formula is C21H27FN2O4. The molecule has 3 rings (SSSR count). The van der Waals surface area contributed by atoms with Crippen LogP contribution >= 0.6 is 0 Å². The Bertz CT molecular complexity index is 767. The number of rotatable bonds is 7. The van der Waals surface area contributed by atoms with Gasteiger partial charge in [0.25, 0.3) is 0 Å². The van der Waals surface area contributed by atoms with E-state index in [4.69, 9.17) is 9.57 Å². The van der Waals surface area contributed by atoms with Crippen LogP contribution < -0.4 is 0 Å². The summed E-state index contributed by atoms with van der Waals surface area (Å²) in [5, 5.41) is 4.07. The lowest BCUT2D eigenvalue weighted by Gasteiger charge is -2.41. The summed E-state index contributed by atoms with van der Waals surface area (Å²) in [6.45, 7) is 5.20. The van der Waals surface area contributed by atoms with Crippen LogP contribution in [0.5, 0.6) is 0 Å². The Morgan fingerprint density at radius 2 is 2.18 bits per heavy atom. The van der Waals surface area contributed by atoms with Crippen LogP contribution in [-0.4, -0.2) is 54.7 Å². The average Bonchev–Trinajstić information content (AvgIpc) is 3.10. The summed E-state index contributed by atoms with van der Waals surface area (Å²) in [6.07, 6.45) is 2.03. The molecule has 0 saturated carbocycles. The second kappa shape index (κ2) is 8.82. The minimum atomic E-state index is -0.741. The number of carbonyl (C=O) groups excluding carboxylic acids is 2. The van der Waals surface area contributed by atoms with Crippen molar-refractivity contribution >= 4 is 17.5 Å². The number of likely N-dealkylation sites (tertiary alicyclic amines) is 1. The largest absolute Gasteiger partial charge is 0.466 e. The molecule has 2 atom stereocenters. The maximum atomic E-state index is 14.1. The topological polar surface area (TPSA) is 68.2 Å². The first-order chi connectivity index (χ1) is 13.4. The quantitative estimate of drug-likeness (QED) is 0.670. The summed E-state index contributed by atoms with van der Waals surface area (Å²) < 4.78 is 19.4. The number of halogens is 1. The van der Waals surface area contributed by atoms with E-state index >= 15 is 0 Å². The Kier molecular flexibility index (Phi) is 6.44. The van der Waals surface area contributed by atoms with Crippen LogP contribution in [0.3, 0.4) is 0 Å². The number of ether oxygens (including phenoxy) is 1. The van der Waals surface area contributed by atoms with Gasteiger partial charge in [-0.25, -0.2) is 4.39 Å². The number of oxime groups is 1. The number of hydrogen-bond donors (Lipinski definition) is 0. The van der Waals surface area contributed by atoms with E-state index in [9.17, 15) is 14.0 Å². The van der Waals surface area contributed by atoms with Crippen molar-refractivity contribution in [2.75, 3.05) is 26.2 Å². The van der Waals surface area contributed by atoms with E-state index in [1.54, 1.807) is 32.0 Å². The molecule has 1 aromatic rings. The maximum Gasteiger partial charge on any atom is 0.313 e. The van der Waals surface area contributed by atoms with Gasteiger partial charge in [0, 0.05) is 24.9 Å². The van der Waals surface area contributed by atoms with E-state index in [0.717, 1.165) is 13.0 Å². The lowest BCUT2D eigenvalue weighted by molar-refractivity contribution is -0.162. The highest BCUT2D eigenvalue weighted by atomic mass is 19.1. The number of carbonyl (C=O) groups is 2. The molecule has 6 nitrogen and oxygen atoms in total. The number of nitrogens with zero attached hydrogens (tertiary/aromatic N) is 2. The number of ketones is 1. The first-order valence-corrected chi connectivity index (χ1v) is 9.80. The van der Waals surface area contributed by atoms with Gasteiger partial charge in [0.05, 0.1) is 24.3 Å². The molecule has 0 N–H and O–H groups in total. The summed E-state index contributed by atoms with van der Waals surface area (Å²) in [7, 11) is 0. The normalized spacial score (nSPS) is 25.1. The predicted molar refractivity (Wildman–Crippen MR) is 102 cm³/mol. The van der Waals surface area contributed by atoms with Gasteiger partial charge < -0.3 is 9.57 Å². The number of hydrogen-bond acceptors (Lipinski definition) is 6. The molecule has 0 aliphatic carbocycles. The Balaban J connectivity index is 1.73. The fourth-order valence-corrected chi connectivity index (χ4v) is 4.21. The Labute approximate surface area is 164 Å². The van der Waals surface area contributed by atoms with E-state index in [2.05, 4.69) is 5.16 Å². The molecule has 1 fully saturated rings. The van der Waals surface area contributed by atoms with Crippen LogP contribution in [-0.2, 0) is 19.2 Å². The zero-order chi connectivity index (χ0) is 20.1. The predicted octanol–water partition coefficient (Wildman–Crippen LogP) is 2.94. The van der Waals surface area contributed by atoms with Gasteiger partial charge in [0.2, 0.25) is 0 Å². The van der Waals surface area contributed by atoms with Crippen molar-refractivity contribution in [1.82, 2.24) is 4.90 Å². The van der Waals surface area contributed by atoms with Gasteiger partial charge in [-0.05, 0) is 39.3 Å². The number of esters is 1. The molecule has 2 heterocycles. The number of Topliss-reactive ketones (excluding diaryl/α,β-unsaturated/α-hetero) is 1. The van der Waals surface area contributed by atoms with Crippen molar-refractivity contribution in [3.8, 4) is 0 Å². The van der Waals surface area contributed by atoms with Crippen LogP contribution in [0.4, 0.5) is 4.39 Å². The molecule has 28 heavy (non-hydrogen) atoms. The van der Waals surface area contributed by atoms with Crippen molar-refractivity contribution in [3.63, 3.8) is 0 Å². The fourth-order valence-electron chi connectivity index (χ4n) is 4.21. The van der Waals surface area contributed by atoms with Crippen LogP contribution in [0.25, 0.3) is 0 Å². The van der Waals surface area contributed by atoms with E-state index in [-0.39, 0.29) is 23.7 Å². The molecule has 152 valence electrons. The number of benzene rings is 1. The zero-order valence-corrected chi connectivity index (χ0v) is 16.4. The lowest BCUT2D eigenvalue weighted by atomic mass is 9.74. The van der Waals surface area contributed by atoms with Gasteiger partial charge in [-0.3, -0.25) is 14.5 Å². The van der Waals surface area contributed by atoms with E-state index < -0.39 is 5.41 Å². The zero-order valence-electron chi connectivity index (χ0n) is 16.4. The first-order valence-electron chi connectivity index (χ1n) is 9.80. The molecule has 1 aromatic carbocycles. The third-order valence-corrected chi connectivity index (χ3v) is 5.35. The van der Waals surface area contributed by atoms with E-state index in [0.29, 0.717) is 50.2 Å². The molecule has 7 heteroatoms. The van der Waals surface area contributed by atoms with Crippen molar-refractivity contribution in [2.24, 2.45) is 10.6 Å². The van der Waals surface area contributed by atoms with Crippen LogP contribution in [0.2, 0.25) is 0 Å². The van der Waals surface area contributed by atoms with Crippen LogP contribution in [0.15, 0.2) is 29.4 Å².